The minimum Gasteiger partial charge on any atom is -0.492 e. The first-order valence-electron chi connectivity index (χ1n) is 9.18. The first-order valence-corrected chi connectivity index (χ1v) is 11.4. The third-order valence-electron chi connectivity index (χ3n) is 4.51. The highest BCUT2D eigenvalue weighted by atomic mass is 32.2. The Labute approximate surface area is 191 Å². The Morgan fingerprint density at radius 3 is 2.58 bits per heavy atom. The number of hydrogen-bond donors (Lipinski definition) is 5. The zero-order valence-electron chi connectivity index (χ0n) is 16.8. The molecule has 1 aromatic heterocycles. The molecule has 168 valence electrons. The Morgan fingerprint density at radius 2 is 1.94 bits per heavy atom. The third kappa shape index (κ3) is 4.52. The van der Waals surface area contributed by atoms with Crippen molar-refractivity contribution in [3.8, 4) is 16.8 Å². The lowest BCUT2D eigenvalue weighted by molar-refractivity contribution is 0.180. The molecule has 1 unspecified atom stereocenters. The predicted molar refractivity (Wildman–Crippen MR) is 119 cm³/mol. The molecular weight excluding hydrogens is 470 g/mol. The Kier molecular flexibility index (Phi) is 5.78. The molecule has 1 atom stereocenters. The number of azo groups is 1. The van der Waals surface area contributed by atoms with Gasteiger partial charge in [0.2, 0.25) is 11.8 Å². The number of aryl methyl sites for hydroxylation is 1. The van der Waals surface area contributed by atoms with E-state index in [0.29, 0.717) is 32.0 Å². The summed E-state index contributed by atoms with van der Waals surface area (Å²) >= 11 is 1.13. The highest BCUT2D eigenvalue weighted by Crippen LogP contribution is 2.36. The number of guanidine groups is 1. The van der Waals surface area contributed by atoms with Crippen molar-refractivity contribution in [1.82, 2.24) is 15.6 Å². The summed E-state index contributed by atoms with van der Waals surface area (Å²) in [6, 6.07) is 9.90. The van der Waals surface area contributed by atoms with Gasteiger partial charge in [0.1, 0.15) is 9.90 Å². The second-order valence-corrected chi connectivity index (χ2v) is 9.11. The molecule has 14 heteroatoms. The van der Waals surface area contributed by atoms with Gasteiger partial charge >= 0.3 is 0 Å². The summed E-state index contributed by atoms with van der Waals surface area (Å²) in [5.41, 5.74) is 1.72. The van der Waals surface area contributed by atoms with Crippen molar-refractivity contribution >= 4 is 43.3 Å². The fourth-order valence-corrected chi connectivity index (χ4v) is 5.34. The van der Waals surface area contributed by atoms with Gasteiger partial charge in [-0.2, -0.15) is 23.8 Å². The molecule has 2 aromatic carbocycles. The van der Waals surface area contributed by atoms with Gasteiger partial charge in [-0.15, -0.1) is 16.5 Å². The van der Waals surface area contributed by atoms with Crippen LogP contribution in [0.4, 0.5) is 5.69 Å². The summed E-state index contributed by atoms with van der Waals surface area (Å²) in [4.78, 5) is 7.94. The van der Waals surface area contributed by atoms with Crippen molar-refractivity contribution in [3.63, 3.8) is 0 Å². The maximum absolute atomic E-state index is 11.8. The number of nitrogens with zero attached hydrogens (tertiary/aromatic N) is 5. The molecule has 0 fully saturated rings. The summed E-state index contributed by atoms with van der Waals surface area (Å²) in [5.74, 6) is -0.729. The van der Waals surface area contributed by atoms with Gasteiger partial charge in [-0.25, -0.2) is 4.98 Å². The first-order chi connectivity index (χ1) is 15.7. The lowest BCUT2D eigenvalue weighted by atomic mass is 10.2. The van der Waals surface area contributed by atoms with Crippen molar-refractivity contribution in [3.05, 3.63) is 53.5 Å². The Morgan fingerprint density at radius 1 is 1.21 bits per heavy atom. The summed E-state index contributed by atoms with van der Waals surface area (Å²) in [6.45, 7) is 1.60. The van der Waals surface area contributed by atoms with Crippen LogP contribution in [0.1, 0.15) is 5.56 Å². The van der Waals surface area contributed by atoms with Gasteiger partial charge in [0.15, 0.2) is 18.1 Å². The second kappa shape index (κ2) is 8.56. The average Bonchev–Trinajstić information content (AvgIpc) is 3.16. The summed E-state index contributed by atoms with van der Waals surface area (Å²) < 4.78 is 33.6. The summed E-state index contributed by atoms with van der Waals surface area (Å²) in [6.07, 6.45) is 0.177. The zero-order valence-corrected chi connectivity index (χ0v) is 18.4. The first kappa shape index (κ1) is 22.3. The standard InChI is InChI=1S/C19H15N7O5S2/c1-9-2-7-12-14(15(9)33(29,30)31)32-18(22-12)10-3-5-11(6-4-10)25-26-13-16(27)23-19(21-8-20)24-17(13)28/h2-7,16,27-28H,1H3,(H2,21,23,24)(H,29,30,31). The van der Waals surface area contributed by atoms with Crippen LogP contribution in [0.3, 0.4) is 0 Å². The Balaban J connectivity index is 1.61. The van der Waals surface area contributed by atoms with Crippen LogP contribution in [0.25, 0.3) is 20.8 Å². The molecule has 33 heavy (non-hydrogen) atoms. The number of aliphatic hydroxyl groups is 2. The minimum atomic E-state index is -4.41. The van der Waals surface area contributed by atoms with E-state index in [-0.39, 0.29) is 16.6 Å². The molecule has 2 heterocycles. The second-order valence-electron chi connectivity index (χ2n) is 6.75. The fourth-order valence-electron chi connectivity index (χ4n) is 3.02. The fraction of sp³-hybridized carbons (Fsp3) is 0.105. The number of nitriles is 1. The summed E-state index contributed by atoms with van der Waals surface area (Å²) in [7, 11) is -4.41. The number of fused-ring (bicyclic) bond motifs is 1. The van der Waals surface area contributed by atoms with Gasteiger partial charge in [0, 0.05) is 5.56 Å². The quantitative estimate of drug-likeness (QED) is 0.160. The minimum absolute atomic E-state index is 0.131. The van der Waals surface area contributed by atoms with E-state index in [9.17, 15) is 23.2 Å². The highest BCUT2D eigenvalue weighted by molar-refractivity contribution is 7.86. The Hall–Kier alpha value is -3.90. The number of aliphatic hydroxyl groups excluding tert-OH is 2. The van der Waals surface area contributed by atoms with E-state index in [0.717, 1.165) is 11.3 Å². The topological polar surface area (TPSA) is 193 Å². The molecule has 4 rings (SSSR count). The molecule has 3 aromatic rings. The lowest BCUT2D eigenvalue weighted by Gasteiger charge is -2.18. The van der Waals surface area contributed by atoms with Crippen LogP contribution in [0, 0.1) is 18.4 Å². The number of nitrogens with one attached hydrogen (secondary N) is 2. The lowest BCUT2D eigenvalue weighted by Crippen LogP contribution is -2.45. The maximum atomic E-state index is 11.8. The van der Waals surface area contributed by atoms with Crippen LogP contribution in [-0.4, -0.2) is 40.4 Å². The van der Waals surface area contributed by atoms with Gasteiger partial charge in [0.25, 0.3) is 10.1 Å². The van der Waals surface area contributed by atoms with Gasteiger partial charge in [-0.1, -0.05) is 6.07 Å². The molecule has 5 N–H and O–H groups in total. The van der Waals surface area contributed by atoms with Crippen LogP contribution in [0.5, 0.6) is 0 Å². The molecule has 12 nitrogen and oxygen atoms in total. The van der Waals surface area contributed by atoms with E-state index in [1.165, 1.54) is 0 Å². The molecule has 0 bridgehead atoms. The van der Waals surface area contributed by atoms with Crippen LogP contribution in [0.15, 0.2) is 68.1 Å². The van der Waals surface area contributed by atoms with Crippen LogP contribution < -0.4 is 10.6 Å². The van der Waals surface area contributed by atoms with Crippen molar-refractivity contribution in [2.24, 2.45) is 15.2 Å². The van der Waals surface area contributed by atoms with Gasteiger partial charge < -0.3 is 15.5 Å². The highest BCUT2D eigenvalue weighted by Gasteiger charge is 2.23. The molecule has 0 radical (unpaired) electrons. The van der Waals surface area contributed by atoms with Gasteiger partial charge in [0.05, 0.1) is 15.9 Å². The SMILES string of the molecule is Cc1ccc2nc(-c3ccc(N=NC4=C(O)N=C(NC#N)NC4O)cc3)sc2c1S(=O)(=O)O. The smallest absolute Gasteiger partial charge is 0.296 e. The van der Waals surface area contributed by atoms with Crippen molar-refractivity contribution in [1.29, 1.82) is 5.26 Å². The number of rotatable bonds is 4. The number of aromatic nitrogens is 1. The van der Waals surface area contributed by atoms with Crippen molar-refractivity contribution in [2.45, 2.75) is 18.0 Å². The monoisotopic (exact) mass is 485 g/mol. The molecule has 0 amide bonds. The van der Waals surface area contributed by atoms with Gasteiger partial charge in [-0.3, -0.25) is 9.87 Å². The van der Waals surface area contributed by atoms with E-state index in [1.807, 2.05) is 0 Å². The van der Waals surface area contributed by atoms with Crippen LogP contribution in [-0.2, 0) is 10.1 Å². The van der Waals surface area contributed by atoms with E-state index in [2.05, 4.69) is 30.8 Å². The number of thiazole rings is 1. The van der Waals surface area contributed by atoms with Crippen LogP contribution >= 0.6 is 11.3 Å². The number of hydrogen-bond acceptors (Lipinski definition) is 12. The van der Waals surface area contributed by atoms with Crippen molar-refractivity contribution in [2.75, 3.05) is 0 Å². The van der Waals surface area contributed by atoms with E-state index in [4.69, 9.17) is 5.26 Å². The molecule has 1 aliphatic rings. The predicted octanol–water partition coefficient (Wildman–Crippen LogP) is 2.68. The number of aliphatic imine (C=N–C) groups is 1. The Bertz CT molecular complexity index is 1490. The van der Waals surface area contributed by atoms with E-state index >= 15 is 0 Å². The molecule has 0 aliphatic carbocycles. The van der Waals surface area contributed by atoms with E-state index in [1.54, 1.807) is 49.5 Å². The van der Waals surface area contributed by atoms with Crippen LogP contribution in [0.2, 0.25) is 0 Å². The molecule has 0 spiro atoms. The number of benzene rings is 2. The normalized spacial score (nSPS) is 16.5. The molecule has 0 saturated carbocycles. The molecule has 1 aliphatic heterocycles. The molecule has 0 saturated heterocycles. The average molecular weight is 486 g/mol. The van der Waals surface area contributed by atoms with Crippen molar-refractivity contribution < 1.29 is 23.2 Å². The molecular formula is C19H15N7O5S2. The van der Waals surface area contributed by atoms with E-state index < -0.39 is 22.2 Å². The largest absolute Gasteiger partial charge is 0.492 e. The zero-order chi connectivity index (χ0) is 23.8. The summed E-state index contributed by atoms with van der Waals surface area (Å²) in [5, 5.41) is 41.4. The third-order valence-corrected chi connectivity index (χ3v) is 6.82. The van der Waals surface area contributed by atoms with Gasteiger partial charge in [-0.05, 0) is 42.8 Å². The maximum Gasteiger partial charge on any atom is 0.296 e.